The van der Waals surface area contributed by atoms with Crippen molar-refractivity contribution in [2.75, 3.05) is 13.7 Å². The Hall–Kier alpha value is -1.79. The summed E-state index contributed by atoms with van der Waals surface area (Å²) in [7, 11) is 1.53. The highest BCUT2D eigenvalue weighted by molar-refractivity contribution is 5.99. The molecule has 0 spiro atoms. The minimum absolute atomic E-state index is 0.00936. The van der Waals surface area contributed by atoms with Crippen molar-refractivity contribution >= 4 is 5.84 Å². The molecule has 0 aliphatic rings. The second-order valence-corrected chi connectivity index (χ2v) is 4.95. The monoisotopic (exact) mass is 281 g/mol. The first-order valence-electron chi connectivity index (χ1n) is 6.50. The number of hydrogen-bond donors (Lipinski definition) is 4. The summed E-state index contributed by atoms with van der Waals surface area (Å²) < 4.78 is 5.24. The first-order chi connectivity index (χ1) is 9.49. The van der Waals surface area contributed by atoms with E-state index in [9.17, 15) is 5.11 Å². The molecule has 6 heteroatoms. The number of nitrogens with two attached hydrogens (primary N) is 1. The van der Waals surface area contributed by atoms with Crippen LogP contribution in [0.2, 0.25) is 0 Å². The number of nitrogens with zero attached hydrogens (tertiary/aromatic N) is 1. The van der Waals surface area contributed by atoms with Gasteiger partial charge in [0.05, 0.1) is 19.3 Å². The van der Waals surface area contributed by atoms with E-state index in [4.69, 9.17) is 15.7 Å². The minimum Gasteiger partial charge on any atom is -0.496 e. The average molecular weight is 281 g/mol. The number of oxime groups is 1. The van der Waals surface area contributed by atoms with Crippen LogP contribution in [-0.4, -0.2) is 35.4 Å². The molecule has 0 aromatic heterocycles. The van der Waals surface area contributed by atoms with Gasteiger partial charge < -0.3 is 26.1 Å². The predicted octanol–water partition coefficient (Wildman–Crippen LogP) is 1.04. The minimum atomic E-state index is -0.308. The van der Waals surface area contributed by atoms with Crippen LogP contribution in [0.4, 0.5) is 0 Å². The topological polar surface area (TPSA) is 100 Å². The molecular formula is C14H23N3O3. The van der Waals surface area contributed by atoms with Gasteiger partial charge in [0.25, 0.3) is 0 Å². The maximum atomic E-state index is 9.37. The zero-order chi connectivity index (χ0) is 15.2. The molecule has 0 saturated carbocycles. The maximum absolute atomic E-state index is 9.37. The second-order valence-electron chi connectivity index (χ2n) is 4.95. The Morgan fingerprint density at radius 3 is 2.70 bits per heavy atom. The van der Waals surface area contributed by atoms with Gasteiger partial charge in [-0.25, -0.2) is 0 Å². The van der Waals surface area contributed by atoms with E-state index in [2.05, 4.69) is 10.5 Å². The van der Waals surface area contributed by atoms with Crippen molar-refractivity contribution in [3.63, 3.8) is 0 Å². The Morgan fingerprint density at radius 2 is 2.20 bits per heavy atom. The van der Waals surface area contributed by atoms with E-state index in [1.807, 2.05) is 26.0 Å². The van der Waals surface area contributed by atoms with E-state index >= 15 is 0 Å². The molecule has 0 saturated heterocycles. The molecule has 0 heterocycles. The molecule has 1 atom stereocenters. The van der Waals surface area contributed by atoms with Gasteiger partial charge in [-0.15, -0.1) is 0 Å². The van der Waals surface area contributed by atoms with Crippen LogP contribution in [0.3, 0.4) is 0 Å². The molecule has 20 heavy (non-hydrogen) atoms. The summed E-state index contributed by atoms with van der Waals surface area (Å²) in [6, 6.07) is 5.44. The van der Waals surface area contributed by atoms with Gasteiger partial charge in [0.1, 0.15) is 5.75 Å². The van der Waals surface area contributed by atoms with Crippen LogP contribution in [0.5, 0.6) is 5.75 Å². The summed E-state index contributed by atoms with van der Waals surface area (Å²) in [5.74, 6) is 0.553. The van der Waals surface area contributed by atoms with Crippen molar-refractivity contribution < 1.29 is 15.1 Å². The lowest BCUT2D eigenvalue weighted by atomic mass is 9.99. The summed E-state index contributed by atoms with van der Waals surface area (Å²) in [6.45, 7) is 4.65. The van der Waals surface area contributed by atoms with Crippen molar-refractivity contribution in [3.05, 3.63) is 29.3 Å². The molecule has 1 aromatic carbocycles. The molecule has 0 bridgehead atoms. The number of rotatable bonds is 7. The van der Waals surface area contributed by atoms with Crippen LogP contribution in [0.25, 0.3) is 0 Å². The van der Waals surface area contributed by atoms with E-state index in [1.54, 1.807) is 6.07 Å². The van der Waals surface area contributed by atoms with E-state index in [0.29, 0.717) is 17.9 Å². The smallest absolute Gasteiger partial charge is 0.173 e. The third-order valence-electron chi connectivity index (χ3n) is 3.50. The summed E-state index contributed by atoms with van der Waals surface area (Å²) in [5, 5.41) is 24.4. The number of benzene rings is 1. The Labute approximate surface area is 119 Å². The summed E-state index contributed by atoms with van der Waals surface area (Å²) in [6.07, 6.45) is 0.822. The molecule has 0 aliphatic carbocycles. The standard InChI is InChI=1S/C14H23N3O3/c1-4-14(2,9-18)16-8-10-5-6-11(13(15)17-19)12(7-10)20-3/h5-7,16,18-19H,4,8-9H2,1-3H3,(H2,15,17). The number of aliphatic hydroxyl groups is 1. The Balaban J connectivity index is 2.89. The second kappa shape index (κ2) is 7.12. The van der Waals surface area contributed by atoms with Crippen LogP contribution >= 0.6 is 0 Å². The van der Waals surface area contributed by atoms with E-state index in [-0.39, 0.29) is 18.0 Å². The number of methoxy groups -OCH3 is 1. The van der Waals surface area contributed by atoms with E-state index < -0.39 is 0 Å². The zero-order valence-corrected chi connectivity index (χ0v) is 12.2. The highest BCUT2D eigenvalue weighted by atomic mass is 16.5. The lowest BCUT2D eigenvalue weighted by Crippen LogP contribution is -2.44. The number of aliphatic hydroxyl groups excluding tert-OH is 1. The van der Waals surface area contributed by atoms with Crippen LogP contribution in [0.1, 0.15) is 31.4 Å². The Kier molecular flexibility index (Phi) is 5.79. The molecule has 0 aliphatic heterocycles. The fourth-order valence-electron chi connectivity index (χ4n) is 1.72. The zero-order valence-electron chi connectivity index (χ0n) is 12.2. The number of nitrogens with one attached hydrogen (secondary N) is 1. The van der Waals surface area contributed by atoms with Crippen LogP contribution in [0.15, 0.2) is 23.4 Å². The van der Waals surface area contributed by atoms with Gasteiger partial charge in [0.15, 0.2) is 5.84 Å². The molecule has 0 amide bonds. The van der Waals surface area contributed by atoms with Crippen molar-refractivity contribution in [1.82, 2.24) is 5.32 Å². The van der Waals surface area contributed by atoms with Crippen molar-refractivity contribution in [3.8, 4) is 5.75 Å². The molecule has 112 valence electrons. The van der Waals surface area contributed by atoms with Gasteiger partial charge in [-0.2, -0.15) is 0 Å². The number of hydrogen-bond acceptors (Lipinski definition) is 5. The molecule has 0 fully saturated rings. The highest BCUT2D eigenvalue weighted by Crippen LogP contribution is 2.20. The Bertz CT molecular complexity index is 471. The molecule has 1 aromatic rings. The summed E-state index contributed by atoms with van der Waals surface area (Å²) in [5.41, 5.74) is 6.80. The number of amidine groups is 1. The molecular weight excluding hydrogens is 258 g/mol. The molecule has 1 rings (SSSR count). The largest absolute Gasteiger partial charge is 0.496 e. The average Bonchev–Trinajstić information content (AvgIpc) is 2.51. The van der Waals surface area contributed by atoms with Gasteiger partial charge in [0.2, 0.25) is 0 Å². The summed E-state index contributed by atoms with van der Waals surface area (Å²) >= 11 is 0. The van der Waals surface area contributed by atoms with Crippen LogP contribution in [-0.2, 0) is 6.54 Å². The van der Waals surface area contributed by atoms with Crippen LogP contribution in [0, 0.1) is 0 Å². The van der Waals surface area contributed by atoms with E-state index in [1.165, 1.54) is 7.11 Å². The lowest BCUT2D eigenvalue weighted by molar-refractivity contribution is 0.169. The fraction of sp³-hybridized carbons (Fsp3) is 0.500. The Morgan fingerprint density at radius 1 is 1.50 bits per heavy atom. The summed E-state index contributed by atoms with van der Waals surface area (Å²) in [4.78, 5) is 0. The normalized spacial score (nSPS) is 14.9. The van der Waals surface area contributed by atoms with Crippen LogP contribution < -0.4 is 15.8 Å². The third kappa shape index (κ3) is 3.85. The number of ether oxygens (including phenoxy) is 1. The van der Waals surface area contributed by atoms with E-state index in [0.717, 1.165) is 12.0 Å². The lowest BCUT2D eigenvalue weighted by Gasteiger charge is -2.27. The van der Waals surface area contributed by atoms with Crippen molar-refractivity contribution in [2.45, 2.75) is 32.4 Å². The maximum Gasteiger partial charge on any atom is 0.173 e. The third-order valence-corrected chi connectivity index (χ3v) is 3.50. The van der Waals surface area contributed by atoms with Crippen molar-refractivity contribution in [1.29, 1.82) is 0 Å². The predicted molar refractivity (Wildman–Crippen MR) is 78.1 cm³/mol. The first kappa shape index (κ1) is 16.3. The molecule has 5 N–H and O–H groups in total. The van der Waals surface area contributed by atoms with Crippen molar-refractivity contribution in [2.24, 2.45) is 10.9 Å². The SMILES string of the molecule is CCC(C)(CO)NCc1ccc(/C(N)=N/O)c(OC)c1. The van der Waals surface area contributed by atoms with Gasteiger partial charge in [-0.1, -0.05) is 18.1 Å². The molecule has 6 nitrogen and oxygen atoms in total. The molecule has 0 radical (unpaired) electrons. The van der Waals surface area contributed by atoms with Gasteiger partial charge in [-0.05, 0) is 31.0 Å². The fourth-order valence-corrected chi connectivity index (χ4v) is 1.72. The molecule has 1 unspecified atom stereocenters. The van der Waals surface area contributed by atoms with Gasteiger partial charge in [0, 0.05) is 12.1 Å². The first-order valence-corrected chi connectivity index (χ1v) is 6.50. The quantitative estimate of drug-likeness (QED) is 0.259. The highest BCUT2D eigenvalue weighted by Gasteiger charge is 2.20. The van der Waals surface area contributed by atoms with Gasteiger partial charge in [-0.3, -0.25) is 0 Å². The van der Waals surface area contributed by atoms with Gasteiger partial charge >= 0.3 is 0 Å².